The number of thioether (sulfide) groups is 1. The molecule has 2 fully saturated rings. The molecule has 2 aliphatic heterocycles. The highest BCUT2D eigenvalue weighted by molar-refractivity contribution is 8.00. The molecule has 2 saturated heterocycles. The quantitative estimate of drug-likeness (QED) is 0.739. The topological polar surface area (TPSA) is 59.1 Å². The molecule has 2 aliphatic rings. The lowest BCUT2D eigenvalue weighted by Gasteiger charge is -2.44. The summed E-state index contributed by atoms with van der Waals surface area (Å²) in [5.41, 5.74) is 0.558. The second-order valence-electron chi connectivity index (χ2n) is 7.12. The normalized spacial score (nSPS) is 18.1. The number of hydrogen-bond donors (Lipinski definition) is 0. The van der Waals surface area contributed by atoms with Crippen LogP contribution in [0.15, 0.2) is 35.7 Å². The first-order valence-corrected chi connectivity index (χ1v) is 11.4. The van der Waals surface area contributed by atoms with Gasteiger partial charge in [-0.3, -0.25) is 9.59 Å². The van der Waals surface area contributed by atoms with E-state index in [9.17, 15) is 9.59 Å². The highest BCUT2D eigenvalue weighted by atomic mass is 32.2. The molecular formula is C21H24N2O4S2. The van der Waals surface area contributed by atoms with Crippen LogP contribution in [0.2, 0.25) is 0 Å². The van der Waals surface area contributed by atoms with E-state index in [1.165, 1.54) is 11.3 Å². The molecular weight excluding hydrogens is 408 g/mol. The Labute approximate surface area is 178 Å². The third-order valence-corrected chi connectivity index (χ3v) is 8.00. The number of likely N-dealkylation sites (tertiary alicyclic amines) is 1. The molecule has 1 aromatic carbocycles. The van der Waals surface area contributed by atoms with Crippen LogP contribution in [0, 0.1) is 0 Å². The van der Waals surface area contributed by atoms with E-state index < -0.39 is 0 Å². The number of benzene rings is 1. The lowest BCUT2D eigenvalue weighted by molar-refractivity contribution is 0.0500. The van der Waals surface area contributed by atoms with Crippen molar-refractivity contribution in [1.82, 2.24) is 9.80 Å². The zero-order chi connectivity index (χ0) is 20.4. The van der Waals surface area contributed by atoms with E-state index in [1.54, 1.807) is 32.4 Å². The molecule has 1 spiro atoms. The molecule has 8 heteroatoms. The number of nitrogens with zero attached hydrogens (tertiary/aromatic N) is 2. The van der Waals surface area contributed by atoms with E-state index in [0.29, 0.717) is 30.2 Å². The van der Waals surface area contributed by atoms with Gasteiger partial charge in [-0.1, -0.05) is 6.07 Å². The summed E-state index contributed by atoms with van der Waals surface area (Å²) in [6, 6.07) is 9.04. The zero-order valence-electron chi connectivity index (χ0n) is 16.6. The largest absolute Gasteiger partial charge is 0.497 e. The van der Waals surface area contributed by atoms with Gasteiger partial charge in [0, 0.05) is 37.0 Å². The Kier molecular flexibility index (Phi) is 5.74. The van der Waals surface area contributed by atoms with Crippen molar-refractivity contribution in [2.24, 2.45) is 0 Å². The fraction of sp³-hybridized carbons (Fsp3) is 0.429. The molecule has 29 heavy (non-hydrogen) atoms. The number of ether oxygens (including phenoxy) is 2. The maximum atomic E-state index is 13.1. The van der Waals surface area contributed by atoms with E-state index >= 15 is 0 Å². The van der Waals surface area contributed by atoms with E-state index in [-0.39, 0.29) is 16.7 Å². The number of hydrogen-bond acceptors (Lipinski definition) is 6. The van der Waals surface area contributed by atoms with Crippen LogP contribution >= 0.6 is 23.1 Å². The molecule has 4 rings (SSSR count). The maximum Gasteiger partial charge on any atom is 0.265 e. The van der Waals surface area contributed by atoms with Gasteiger partial charge in [0.05, 0.1) is 24.0 Å². The van der Waals surface area contributed by atoms with Crippen molar-refractivity contribution in [3.8, 4) is 11.5 Å². The van der Waals surface area contributed by atoms with Crippen LogP contribution in [0.4, 0.5) is 0 Å². The third-order valence-electron chi connectivity index (χ3n) is 5.58. The summed E-state index contributed by atoms with van der Waals surface area (Å²) in [7, 11) is 3.15. The number of piperidine rings is 1. The number of carbonyl (C=O) groups excluding carboxylic acids is 2. The Morgan fingerprint density at radius 2 is 1.69 bits per heavy atom. The van der Waals surface area contributed by atoms with Crippen LogP contribution in [0.5, 0.6) is 11.5 Å². The van der Waals surface area contributed by atoms with E-state index in [4.69, 9.17) is 9.47 Å². The molecule has 0 atom stereocenters. The van der Waals surface area contributed by atoms with E-state index in [0.717, 1.165) is 30.0 Å². The molecule has 0 unspecified atom stereocenters. The van der Waals surface area contributed by atoms with Gasteiger partial charge < -0.3 is 19.3 Å². The number of rotatable bonds is 4. The van der Waals surface area contributed by atoms with Gasteiger partial charge >= 0.3 is 0 Å². The highest BCUT2D eigenvalue weighted by Crippen LogP contribution is 2.45. The van der Waals surface area contributed by atoms with Gasteiger partial charge in [-0.25, -0.2) is 0 Å². The fourth-order valence-corrected chi connectivity index (χ4v) is 6.14. The molecule has 0 N–H and O–H groups in total. The summed E-state index contributed by atoms with van der Waals surface area (Å²) in [6.45, 7) is 2.02. The maximum absolute atomic E-state index is 13.1. The van der Waals surface area contributed by atoms with Crippen LogP contribution in [-0.2, 0) is 0 Å². The van der Waals surface area contributed by atoms with Crippen LogP contribution in [0.25, 0.3) is 0 Å². The number of thiophene rings is 1. The van der Waals surface area contributed by atoms with Crippen LogP contribution in [0.1, 0.15) is 32.9 Å². The predicted molar refractivity (Wildman–Crippen MR) is 115 cm³/mol. The average Bonchev–Trinajstić information content (AvgIpc) is 3.43. The molecule has 154 valence electrons. The first-order chi connectivity index (χ1) is 14.1. The van der Waals surface area contributed by atoms with Gasteiger partial charge in [-0.05, 0) is 36.4 Å². The summed E-state index contributed by atoms with van der Waals surface area (Å²) in [5.74, 6) is 2.22. The Morgan fingerprint density at radius 3 is 2.28 bits per heavy atom. The average molecular weight is 433 g/mol. The lowest BCUT2D eigenvalue weighted by Crippen LogP contribution is -2.53. The minimum Gasteiger partial charge on any atom is -0.497 e. The van der Waals surface area contributed by atoms with Crippen molar-refractivity contribution in [2.45, 2.75) is 17.7 Å². The molecule has 0 aliphatic carbocycles. The minimum atomic E-state index is -0.204. The molecule has 0 saturated carbocycles. The minimum absolute atomic E-state index is 0.0313. The van der Waals surface area contributed by atoms with Crippen molar-refractivity contribution in [3.63, 3.8) is 0 Å². The smallest absolute Gasteiger partial charge is 0.265 e. The molecule has 2 aromatic rings. The van der Waals surface area contributed by atoms with Gasteiger partial charge in [0.15, 0.2) is 0 Å². The molecule has 0 bridgehead atoms. The first kappa shape index (κ1) is 20.1. The standard InChI is InChI=1S/C21H24N2O4S2/c1-26-16-12-15(13-17(14-16)27-2)19(24)22-7-5-21(6-8-22)23(9-11-29-21)20(25)18-4-3-10-28-18/h3-4,10,12-14H,5-9,11H2,1-2H3. The van der Waals surface area contributed by atoms with Crippen molar-refractivity contribution >= 4 is 34.9 Å². The van der Waals surface area contributed by atoms with Crippen molar-refractivity contribution in [3.05, 3.63) is 46.2 Å². The second kappa shape index (κ2) is 8.28. The van der Waals surface area contributed by atoms with Gasteiger partial charge in [-0.2, -0.15) is 0 Å². The van der Waals surface area contributed by atoms with Crippen molar-refractivity contribution in [2.75, 3.05) is 39.6 Å². The third kappa shape index (κ3) is 3.83. The second-order valence-corrected chi connectivity index (χ2v) is 9.53. The lowest BCUT2D eigenvalue weighted by atomic mass is 10.0. The molecule has 0 radical (unpaired) electrons. The first-order valence-electron chi connectivity index (χ1n) is 9.58. The number of methoxy groups -OCH3 is 2. The molecule has 1 aromatic heterocycles. The van der Waals surface area contributed by atoms with Crippen LogP contribution in [-0.4, -0.2) is 66.1 Å². The van der Waals surface area contributed by atoms with Gasteiger partial charge in [0.25, 0.3) is 11.8 Å². The monoisotopic (exact) mass is 432 g/mol. The predicted octanol–water partition coefficient (Wildman–Crippen LogP) is 3.59. The van der Waals surface area contributed by atoms with E-state index in [2.05, 4.69) is 0 Å². The SMILES string of the molecule is COc1cc(OC)cc(C(=O)N2CCC3(CC2)SCCN3C(=O)c2cccs2)c1. The zero-order valence-corrected chi connectivity index (χ0v) is 18.2. The van der Waals surface area contributed by atoms with E-state index in [1.807, 2.05) is 39.1 Å². The molecule has 2 amide bonds. The number of carbonyl (C=O) groups is 2. The summed E-state index contributed by atoms with van der Waals surface area (Å²) in [4.78, 5) is 30.5. The Hall–Kier alpha value is -2.19. The Bertz CT molecular complexity index is 870. The number of amides is 2. The Balaban J connectivity index is 1.47. The van der Waals surface area contributed by atoms with Gasteiger partial charge in [-0.15, -0.1) is 23.1 Å². The molecule has 6 nitrogen and oxygen atoms in total. The summed E-state index contributed by atoms with van der Waals surface area (Å²) < 4.78 is 10.6. The van der Waals surface area contributed by atoms with Crippen LogP contribution < -0.4 is 9.47 Å². The summed E-state index contributed by atoms with van der Waals surface area (Å²) in [5, 5.41) is 1.94. The van der Waals surface area contributed by atoms with Crippen molar-refractivity contribution < 1.29 is 19.1 Å². The fourth-order valence-electron chi connectivity index (χ4n) is 4.02. The molecule has 3 heterocycles. The summed E-state index contributed by atoms with van der Waals surface area (Å²) >= 11 is 3.34. The van der Waals surface area contributed by atoms with Gasteiger partial charge in [0.2, 0.25) is 0 Å². The van der Waals surface area contributed by atoms with Crippen molar-refractivity contribution in [1.29, 1.82) is 0 Å². The van der Waals surface area contributed by atoms with Gasteiger partial charge in [0.1, 0.15) is 11.5 Å². The van der Waals surface area contributed by atoms with Crippen LogP contribution in [0.3, 0.4) is 0 Å². The Morgan fingerprint density at radius 1 is 1.00 bits per heavy atom. The summed E-state index contributed by atoms with van der Waals surface area (Å²) in [6.07, 6.45) is 1.56. The highest BCUT2D eigenvalue weighted by Gasteiger charge is 2.47.